The molecule has 1 saturated carbocycles. The Morgan fingerprint density at radius 3 is 2.83 bits per heavy atom. The maximum atomic E-state index is 13.6. The number of nitrogens with zero attached hydrogens (tertiary/aromatic N) is 1. The highest BCUT2D eigenvalue weighted by Gasteiger charge is 2.33. The Morgan fingerprint density at radius 2 is 1.96 bits per heavy atom. The molecule has 0 spiro atoms. The standard InChI is InChI=1S/C19H27FN2O/c20-17-9-3-1-6-15(17)11-12-21-19(23)14-22-13-5-8-16-7-2-4-10-18(16)22/h1,3,6,9,16,18H,2,4-5,7-8,10-14H2,(H,21,23)/t16-,18-/m0/s1. The van der Waals surface area contributed by atoms with Crippen LogP contribution in [0.2, 0.25) is 0 Å². The van der Waals surface area contributed by atoms with Crippen LogP contribution in [0.4, 0.5) is 4.39 Å². The van der Waals surface area contributed by atoms with Gasteiger partial charge in [0.1, 0.15) is 5.82 Å². The Morgan fingerprint density at radius 1 is 1.17 bits per heavy atom. The third-order valence-electron chi connectivity index (χ3n) is 5.38. The molecule has 0 radical (unpaired) electrons. The molecule has 2 atom stereocenters. The SMILES string of the molecule is O=C(CN1CCC[C@@H]2CCCC[C@@H]21)NCCc1ccccc1F. The second kappa shape index (κ2) is 7.91. The number of likely N-dealkylation sites (tertiary alicyclic amines) is 1. The molecule has 2 aliphatic rings. The summed E-state index contributed by atoms with van der Waals surface area (Å²) >= 11 is 0. The summed E-state index contributed by atoms with van der Waals surface area (Å²) < 4.78 is 13.6. The summed E-state index contributed by atoms with van der Waals surface area (Å²) in [6, 6.07) is 7.37. The highest BCUT2D eigenvalue weighted by Crippen LogP contribution is 2.34. The van der Waals surface area contributed by atoms with Gasteiger partial charge in [-0.15, -0.1) is 0 Å². The zero-order valence-corrected chi connectivity index (χ0v) is 13.8. The molecule has 1 N–H and O–H groups in total. The van der Waals surface area contributed by atoms with Crippen molar-refractivity contribution >= 4 is 5.91 Å². The van der Waals surface area contributed by atoms with Crippen molar-refractivity contribution < 1.29 is 9.18 Å². The number of fused-ring (bicyclic) bond motifs is 1. The lowest BCUT2D eigenvalue weighted by molar-refractivity contribution is -0.123. The fourth-order valence-corrected chi connectivity index (χ4v) is 4.20. The van der Waals surface area contributed by atoms with Crippen LogP contribution in [-0.4, -0.2) is 36.5 Å². The van der Waals surface area contributed by atoms with Crippen LogP contribution in [0, 0.1) is 11.7 Å². The van der Waals surface area contributed by atoms with Gasteiger partial charge >= 0.3 is 0 Å². The lowest BCUT2D eigenvalue weighted by Gasteiger charge is -2.43. The van der Waals surface area contributed by atoms with Gasteiger partial charge < -0.3 is 5.32 Å². The van der Waals surface area contributed by atoms with E-state index in [0.717, 1.165) is 12.5 Å². The Labute approximate surface area is 138 Å². The predicted molar refractivity (Wildman–Crippen MR) is 89.7 cm³/mol. The van der Waals surface area contributed by atoms with E-state index in [0.29, 0.717) is 31.1 Å². The van der Waals surface area contributed by atoms with E-state index >= 15 is 0 Å². The number of carbonyl (C=O) groups excluding carboxylic acids is 1. The summed E-state index contributed by atoms with van der Waals surface area (Å²) in [5.41, 5.74) is 0.665. The van der Waals surface area contributed by atoms with E-state index in [1.165, 1.54) is 44.6 Å². The molecule has 1 aromatic carbocycles. The van der Waals surface area contributed by atoms with Crippen molar-refractivity contribution in [2.24, 2.45) is 5.92 Å². The van der Waals surface area contributed by atoms with Crippen LogP contribution in [0.3, 0.4) is 0 Å². The van der Waals surface area contributed by atoms with Gasteiger partial charge in [-0.3, -0.25) is 9.69 Å². The summed E-state index contributed by atoms with van der Waals surface area (Å²) in [7, 11) is 0. The molecule has 1 amide bonds. The molecule has 2 fully saturated rings. The van der Waals surface area contributed by atoms with Gasteiger partial charge in [0, 0.05) is 12.6 Å². The minimum Gasteiger partial charge on any atom is -0.355 e. The van der Waals surface area contributed by atoms with E-state index < -0.39 is 0 Å². The number of amides is 1. The molecule has 4 heteroatoms. The molecule has 0 aromatic heterocycles. The number of nitrogens with one attached hydrogen (secondary N) is 1. The van der Waals surface area contributed by atoms with Gasteiger partial charge in [-0.05, 0) is 56.2 Å². The van der Waals surface area contributed by atoms with Crippen LogP contribution in [0.25, 0.3) is 0 Å². The number of benzene rings is 1. The molecule has 1 aromatic rings. The molecular weight excluding hydrogens is 291 g/mol. The highest BCUT2D eigenvalue weighted by atomic mass is 19.1. The number of carbonyl (C=O) groups is 1. The van der Waals surface area contributed by atoms with Crippen LogP contribution in [0.1, 0.15) is 44.1 Å². The van der Waals surface area contributed by atoms with Crippen molar-refractivity contribution in [1.82, 2.24) is 10.2 Å². The van der Waals surface area contributed by atoms with Crippen molar-refractivity contribution in [3.63, 3.8) is 0 Å². The summed E-state index contributed by atoms with van der Waals surface area (Å²) in [6.45, 7) is 2.04. The normalized spacial score (nSPS) is 24.9. The van der Waals surface area contributed by atoms with Crippen molar-refractivity contribution in [3.05, 3.63) is 35.6 Å². The average molecular weight is 318 g/mol. The van der Waals surface area contributed by atoms with Crippen LogP contribution < -0.4 is 5.32 Å². The quantitative estimate of drug-likeness (QED) is 0.904. The first-order valence-electron chi connectivity index (χ1n) is 8.98. The maximum Gasteiger partial charge on any atom is 0.234 e. The van der Waals surface area contributed by atoms with E-state index in [2.05, 4.69) is 10.2 Å². The molecule has 3 rings (SSSR count). The number of rotatable bonds is 5. The molecule has 1 aliphatic carbocycles. The van der Waals surface area contributed by atoms with Crippen LogP contribution in [-0.2, 0) is 11.2 Å². The largest absolute Gasteiger partial charge is 0.355 e. The van der Waals surface area contributed by atoms with Gasteiger partial charge in [0.15, 0.2) is 0 Å². The Bertz CT molecular complexity index is 532. The Balaban J connectivity index is 1.44. The van der Waals surface area contributed by atoms with E-state index in [1.54, 1.807) is 12.1 Å². The molecular formula is C19H27FN2O. The summed E-state index contributed by atoms with van der Waals surface area (Å²) in [6.07, 6.45) is 8.31. The first-order chi connectivity index (χ1) is 11.2. The molecule has 0 unspecified atom stereocenters. The molecule has 1 heterocycles. The fourth-order valence-electron chi connectivity index (χ4n) is 4.20. The predicted octanol–water partition coefficient (Wildman–Crippen LogP) is 3.14. The fraction of sp³-hybridized carbons (Fsp3) is 0.632. The van der Waals surface area contributed by atoms with Crippen LogP contribution in [0.15, 0.2) is 24.3 Å². The van der Waals surface area contributed by atoms with Gasteiger partial charge in [-0.1, -0.05) is 31.0 Å². The van der Waals surface area contributed by atoms with Crippen molar-refractivity contribution in [3.8, 4) is 0 Å². The maximum absolute atomic E-state index is 13.6. The lowest BCUT2D eigenvalue weighted by Crippen LogP contribution is -2.50. The molecule has 126 valence electrons. The zero-order chi connectivity index (χ0) is 16.1. The van der Waals surface area contributed by atoms with Gasteiger partial charge in [0.2, 0.25) is 5.91 Å². The monoisotopic (exact) mass is 318 g/mol. The van der Waals surface area contributed by atoms with Gasteiger partial charge in [0.05, 0.1) is 6.54 Å². The number of hydrogen-bond donors (Lipinski definition) is 1. The molecule has 0 bridgehead atoms. The van der Waals surface area contributed by atoms with Crippen LogP contribution in [0.5, 0.6) is 0 Å². The minimum absolute atomic E-state index is 0.0764. The summed E-state index contributed by atoms with van der Waals surface area (Å²) in [5.74, 6) is 0.680. The Hall–Kier alpha value is -1.42. The third-order valence-corrected chi connectivity index (χ3v) is 5.38. The lowest BCUT2D eigenvalue weighted by atomic mass is 9.78. The molecule has 1 aliphatic heterocycles. The molecule has 3 nitrogen and oxygen atoms in total. The molecule has 1 saturated heterocycles. The van der Waals surface area contributed by atoms with Crippen LogP contribution >= 0.6 is 0 Å². The van der Waals surface area contributed by atoms with E-state index in [9.17, 15) is 9.18 Å². The number of halogens is 1. The van der Waals surface area contributed by atoms with E-state index in [4.69, 9.17) is 0 Å². The zero-order valence-electron chi connectivity index (χ0n) is 13.8. The molecule has 23 heavy (non-hydrogen) atoms. The van der Waals surface area contributed by atoms with Crippen molar-refractivity contribution in [2.45, 2.75) is 51.0 Å². The summed E-state index contributed by atoms with van der Waals surface area (Å²) in [5, 5.41) is 2.95. The topological polar surface area (TPSA) is 32.3 Å². The average Bonchev–Trinajstić information content (AvgIpc) is 2.57. The van der Waals surface area contributed by atoms with Gasteiger partial charge in [0.25, 0.3) is 0 Å². The minimum atomic E-state index is -0.192. The van der Waals surface area contributed by atoms with E-state index in [1.807, 2.05) is 6.07 Å². The number of piperidine rings is 1. The first kappa shape index (κ1) is 16.4. The van der Waals surface area contributed by atoms with Gasteiger partial charge in [-0.2, -0.15) is 0 Å². The highest BCUT2D eigenvalue weighted by molar-refractivity contribution is 5.78. The first-order valence-corrected chi connectivity index (χ1v) is 8.98. The second-order valence-electron chi connectivity index (χ2n) is 6.92. The third kappa shape index (κ3) is 4.31. The second-order valence-corrected chi connectivity index (χ2v) is 6.92. The van der Waals surface area contributed by atoms with Crippen molar-refractivity contribution in [1.29, 1.82) is 0 Å². The van der Waals surface area contributed by atoms with E-state index in [-0.39, 0.29) is 11.7 Å². The Kier molecular flexibility index (Phi) is 5.65. The van der Waals surface area contributed by atoms with Gasteiger partial charge in [-0.25, -0.2) is 4.39 Å². The number of hydrogen-bond acceptors (Lipinski definition) is 2. The smallest absolute Gasteiger partial charge is 0.234 e. The summed E-state index contributed by atoms with van der Waals surface area (Å²) in [4.78, 5) is 14.6. The van der Waals surface area contributed by atoms with Crippen molar-refractivity contribution in [2.75, 3.05) is 19.6 Å².